The monoisotopic (exact) mass is 225 g/mol. The van der Waals surface area contributed by atoms with Crippen LogP contribution in [-0.4, -0.2) is 54.5 Å². The van der Waals surface area contributed by atoms with E-state index in [1.807, 2.05) is 4.90 Å². The van der Waals surface area contributed by atoms with Gasteiger partial charge in [-0.3, -0.25) is 9.69 Å². The minimum atomic E-state index is 0.292. The molecule has 2 rings (SSSR count). The Balaban J connectivity index is 1.73. The Kier molecular flexibility index (Phi) is 4.18. The van der Waals surface area contributed by atoms with Crippen LogP contribution in [0.4, 0.5) is 0 Å². The molecule has 0 aromatic carbocycles. The number of nitrogens with zero attached hydrogens (tertiary/aromatic N) is 2. The van der Waals surface area contributed by atoms with Crippen molar-refractivity contribution in [3.05, 3.63) is 0 Å². The van der Waals surface area contributed by atoms with Gasteiger partial charge in [-0.25, -0.2) is 0 Å². The molecule has 2 fully saturated rings. The predicted molar refractivity (Wildman–Crippen MR) is 64.1 cm³/mol. The maximum Gasteiger partial charge on any atom is 0.236 e. The molecule has 0 aliphatic carbocycles. The van der Waals surface area contributed by atoms with Crippen LogP contribution in [0, 0.1) is 0 Å². The first-order chi connectivity index (χ1) is 7.75. The van der Waals surface area contributed by atoms with Gasteiger partial charge in [0, 0.05) is 32.2 Å². The van der Waals surface area contributed by atoms with Crippen LogP contribution in [-0.2, 0) is 4.79 Å². The Labute approximate surface area is 97.8 Å². The molecular formula is C12H23N3O. The number of hydrogen-bond acceptors (Lipinski definition) is 3. The lowest BCUT2D eigenvalue weighted by Crippen LogP contribution is -2.58. The van der Waals surface area contributed by atoms with Crippen LogP contribution in [0.25, 0.3) is 0 Å². The number of amides is 1. The molecule has 2 heterocycles. The summed E-state index contributed by atoms with van der Waals surface area (Å²) in [4.78, 5) is 16.2. The van der Waals surface area contributed by atoms with Crippen molar-refractivity contribution in [1.82, 2.24) is 9.80 Å². The fraction of sp³-hybridized carbons (Fsp3) is 0.917. The third kappa shape index (κ3) is 3.19. The topological polar surface area (TPSA) is 49.6 Å². The van der Waals surface area contributed by atoms with E-state index < -0.39 is 0 Å². The van der Waals surface area contributed by atoms with Gasteiger partial charge < -0.3 is 10.6 Å². The lowest BCUT2D eigenvalue weighted by molar-refractivity contribution is -0.133. The summed E-state index contributed by atoms with van der Waals surface area (Å²) in [5.74, 6) is 0.300. The van der Waals surface area contributed by atoms with E-state index in [9.17, 15) is 4.79 Å². The summed E-state index contributed by atoms with van der Waals surface area (Å²) in [6.45, 7) is 4.27. The van der Waals surface area contributed by atoms with E-state index in [1.54, 1.807) is 0 Å². The average Bonchev–Trinajstić information content (AvgIpc) is 2.14. The van der Waals surface area contributed by atoms with Crippen molar-refractivity contribution in [2.24, 2.45) is 5.73 Å². The van der Waals surface area contributed by atoms with E-state index >= 15 is 0 Å². The summed E-state index contributed by atoms with van der Waals surface area (Å²) in [7, 11) is 0. The standard InChI is InChI=1S/C12H23N3O/c13-11-8-14(9-11)10-12(16)15-6-4-2-1-3-5-7-15/h11H,1-10,13H2. The first-order valence-electron chi connectivity index (χ1n) is 6.51. The van der Waals surface area contributed by atoms with Crippen molar-refractivity contribution in [1.29, 1.82) is 0 Å². The van der Waals surface area contributed by atoms with E-state index in [1.165, 1.54) is 32.1 Å². The fourth-order valence-corrected chi connectivity index (χ4v) is 2.53. The summed E-state index contributed by atoms with van der Waals surface area (Å²) in [6.07, 6.45) is 6.23. The third-order valence-electron chi connectivity index (χ3n) is 3.55. The molecule has 0 radical (unpaired) electrons. The van der Waals surface area contributed by atoms with Crippen LogP contribution in [0.1, 0.15) is 32.1 Å². The number of carbonyl (C=O) groups excluding carboxylic acids is 1. The van der Waals surface area contributed by atoms with Crippen molar-refractivity contribution in [3.8, 4) is 0 Å². The molecule has 0 aromatic heterocycles. The molecule has 0 aromatic rings. The Morgan fingerprint density at radius 1 is 1.06 bits per heavy atom. The molecule has 0 spiro atoms. The highest BCUT2D eigenvalue weighted by atomic mass is 16.2. The van der Waals surface area contributed by atoms with Gasteiger partial charge in [0.25, 0.3) is 0 Å². The fourth-order valence-electron chi connectivity index (χ4n) is 2.53. The van der Waals surface area contributed by atoms with Gasteiger partial charge in [-0.05, 0) is 12.8 Å². The summed E-state index contributed by atoms with van der Waals surface area (Å²) in [5.41, 5.74) is 5.70. The third-order valence-corrected chi connectivity index (χ3v) is 3.55. The van der Waals surface area contributed by atoms with Gasteiger partial charge in [0.2, 0.25) is 5.91 Å². The number of likely N-dealkylation sites (tertiary alicyclic amines) is 2. The summed E-state index contributed by atoms with van der Waals surface area (Å²) in [5, 5.41) is 0. The zero-order valence-corrected chi connectivity index (χ0v) is 10.0. The second kappa shape index (κ2) is 5.64. The van der Waals surface area contributed by atoms with Crippen molar-refractivity contribution < 1.29 is 4.79 Å². The molecule has 2 N–H and O–H groups in total. The molecule has 16 heavy (non-hydrogen) atoms. The number of nitrogens with two attached hydrogens (primary N) is 1. The maximum atomic E-state index is 12.0. The molecule has 92 valence electrons. The first-order valence-corrected chi connectivity index (χ1v) is 6.51. The summed E-state index contributed by atoms with van der Waals surface area (Å²) in [6, 6.07) is 0.292. The first kappa shape index (κ1) is 11.9. The van der Waals surface area contributed by atoms with E-state index in [0.717, 1.165) is 26.2 Å². The van der Waals surface area contributed by atoms with Crippen LogP contribution in [0.3, 0.4) is 0 Å². The molecule has 0 unspecified atom stereocenters. The Morgan fingerprint density at radius 3 is 2.19 bits per heavy atom. The van der Waals surface area contributed by atoms with Crippen LogP contribution in [0.5, 0.6) is 0 Å². The normalized spacial score (nSPS) is 24.7. The van der Waals surface area contributed by atoms with Crippen LogP contribution >= 0.6 is 0 Å². The van der Waals surface area contributed by atoms with Crippen LogP contribution in [0.2, 0.25) is 0 Å². The molecule has 1 amide bonds. The largest absolute Gasteiger partial charge is 0.342 e. The molecule has 4 heteroatoms. The second-order valence-electron chi connectivity index (χ2n) is 5.10. The lowest BCUT2D eigenvalue weighted by Gasteiger charge is -2.37. The Bertz CT molecular complexity index is 230. The molecule has 0 saturated carbocycles. The van der Waals surface area contributed by atoms with Gasteiger partial charge in [0.1, 0.15) is 0 Å². The van der Waals surface area contributed by atoms with Gasteiger partial charge in [0.05, 0.1) is 6.54 Å². The van der Waals surface area contributed by atoms with Crippen molar-refractivity contribution in [2.45, 2.75) is 38.1 Å². The second-order valence-corrected chi connectivity index (χ2v) is 5.10. The highest BCUT2D eigenvalue weighted by Crippen LogP contribution is 2.12. The Morgan fingerprint density at radius 2 is 1.62 bits per heavy atom. The lowest BCUT2D eigenvalue weighted by atomic mass is 10.1. The highest BCUT2D eigenvalue weighted by Gasteiger charge is 2.26. The van der Waals surface area contributed by atoms with Crippen molar-refractivity contribution >= 4 is 5.91 Å². The summed E-state index contributed by atoms with van der Waals surface area (Å²) < 4.78 is 0. The smallest absolute Gasteiger partial charge is 0.236 e. The highest BCUT2D eigenvalue weighted by molar-refractivity contribution is 5.78. The molecule has 4 nitrogen and oxygen atoms in total. The average molecular weight is 225 g/mol. The minimum absolute atomic E-state index is 0.292. The van der Waals surface area contributed by atoms with Crippen molar-refractivity contribution in [2.75, 3.05) is 32.7 Å². The molecule has 0 bridgehead atoms. The quantitative estimate of drug-likeness (QED) is 0.741. The van der Waals surface area contributed by atoms with Gasteiger partial charge in [0.15, 0.2) is 0 Å². The zero-order chi connectivity index (χ0) is 11.4. The van der Waals surface area contributed by atoms with Crippen molar-refractivity contribution in [3.63, 3.8) is 0 Å². The molecule has 2 aliphatic heterocycles. The van der Waals surface area contributed by atoms with E-state index in [-0.39, 0.29) is 0 Å². The maximum absolute atomic E-state index is 12.0. The SMILES string of the molecule is NC1CN(CC(=O)N2CCCCCCC2)C1. The predicted octanol–water partition coefficient (Wildman–Crippen LogP) is 0.422. The molecule has 2 saturated heterocycles. The van der Waals surface area contributed by atoms with Gasteiger partial charge >= 0.3 is 0 Å². The van der Waals surface area contributed by atoms with E-state index in [0.29, 0.717) is 18.5 Å². The van der Waals surface area contributed by atoms with E-state index in [2.05, 4.69) is 4.90 Å². The number of hydrogen-bond donors (Lipinski definition) is 1. The van der Waals surface area contributed by atoms with Gasteiger partial charge in [-0.15, -0.1) is 0 Å². The zero-order valence-electron chi connectivity index (χ0n) is 10.0. The molecule has 2 aliphatic rings. The number of carbonyl (C=O) groups is 1. The van der Waals surface area contributed by atoms with E-state index in [4.69, 9.17) is 5.73 Å². The molecule has 0 atom stereocenters. The van der Waals surface area contributed by atoms with Gasteiger partial charge in [-0.2, -0.15) is 0 Å². The minimum Gasteiger partial charge on any atom is -0.342 e. The van der Waals surface area contributed by atoms with Crippen LogP contribution < -0.4 is 5.73 Å². The van der Waals surface area contributed by atoms with Gasteiger partial charge in [-0.1, -0.05) is 19.3 Å². The van der Waals surface area contributed by atoms with Crippen LogP contribution in [0.15, 0.2) is 0 Å². The molecular weight excluding hydrogens is 202 g/mol. The Hall–Kier alpha value is -0.610. The summed E-state index contributed by atoms with van der Waals surface area (Å²) >= 11 is 0. The number of rotatable bonds is 2.